The average molecular weight is 377 g/mol. The minimum absolute atomic E-state index is 0.122. The SMILES string of the molecule is Cn1c(SCC(=O)NC(=O)Nc2ccccc2F)nnc1C(F)(F)F. The number of benzene rings is 1. The summed E-state index contributed by atoms with van der Waals surface area (Å²) in [7, 11) is 1.11. The van der Waals surface area contributed by atoms with E-state index in [1.54, 1.807) is 0 Å². The molecule has 12 heteroatoms. The van der Waals surface area contributed by atoms with Crippen LogP contribution >= 0.6 is 11.8 Å². The van der Waals surface area contributed by atoms with Gasteiger partial charge >= 0.3 is 12.2 Å². The van der Waals surface area contributed by atoms with Crippen molar-refractivity contribution in [3.63, 3.8) is 0 Å². The zero-order valence-corrected chi connectivity index (χ0v) is 13.4. The van der Waals surface area contributed by atoms with E-state index in [1.165, 1.54) is 18.2 Å². The summed E-state index contributed by atoms with van der Waals surface area (Å²) in [6, 6.07) is 4.37. The second-order valence-corrected chi connectivity index (χ2v) is 5.58. The zero-order chi connectivity index (χ0) is 18.6. The number of urea groups is 1. The van der Waals surface area contributed by atoms with E-state index in [-0.39, 0.29) is 16.6 Å². The van der Waals surface area contributed by atoms with Crippen LogP contribution in [-0.2, 0) is 18.0 Å². The third-order valence-corrected chi connectivity index (χ3v) is 3.82. The molecule has 0 radical (unpaired) electrons. The van der Waals surface area contributed by atoms with Crippen LogP contribution in [-0.4, -0.2) is 32.5 Å². The maximum atomic E-state index is 13.4. The van der Waals surface area contributed by atoms with E-state index < -0.39 is 29.8 Å². The van der Waals surface area contributed by atoms with Gasteiger partial charge in [-0.05, 0) is 12.1 Å². The highest BCUT2D eigenvalue weighted by Gasteiger charge is 2.37. The summed E-state index contributed by atoms with van der Waals surface area (Å²) >= 11 is 0.667. The molecule has 0 aliphatic carbocycles. The molecule has 0 fully saturated rings. The molecule has 0 saturated carbocycles. The highest BCUT2D eigenvalue weighted by Crippen LogP contribution is 2.29. The Labute approximate surface area is 142 Å². The second-order valence-electron chi connectivity index (χ2n) is 4.63. The first kappa shape index (κ1) is 18.7. The van der Waals surface area contributed by atoms with Gasteiger partial charge in [0.05, 0.1) is 11.4 Å². The van der Waals surface area contributed by atoms with Crippen LogP contribution in [0.5, 0.6) is 0 Å². The number of aromatic nitrogens is 3. The van der Waals surface area contributed by atoms with Crippen LogP contribution < -0.4 is 10.6 Å². The van der Waals surface area contributed by atoms with Crippen LogP contribution in [0.15, 0.2) is 29.4 Å². The van der Waals surface area contributed by atoms with Crippen LogP contribution in [0.1, 0.15) is 5.82 Å². The third kappa shape index (κ3) is 4.92. The number of anilines is 1. The Morgan fingerprint density at radius 1 is 1.24 bits per heavy atom. The highest BCUT2D eigenvalue weighted by atomic mass is 32.2. The molecule has 1 aromatic carbocycles. The minimum Gasteiger partial charge on any atom is -0.305 e. The number of halogens is 4. The number of hydrogen-bond donors (Lipinski definition) is 2. The first-order valence-electron chi connectivity index (χ1n) is 6.63. The van der Waals surface area contributed by atoms with Gasteiger partial charge in [-0.25, -0.2) is 9.18 Å². The zero-order valence-electron chi connectivity index (χ0n) is 12.6. The van der Waals surface area contributed by atoms with E-state index in [2.05, 4.69) is 15.5 Å². The van der Waals surface area contributed by atoms with Crippen molar-refractivity contribution in [1.29, 1.82) is 0 Å². The molecule has 0 aliphatic heterocycles. The molecule has 2 rings (SSSR count). The van der Waals surface area contributed by atoms with Crippen molar-refractivity contribution in [1.82, 2.24) is 20.1 Å². The first-order valence-corrected chi connectivity index (χ1v) is 7.62. The van der Waals surface area contributed by atoms with E-state index in [4.69, 9.17) is 0 Å². The van der Waals surface area contributed by atoms with Gasteiger partial charge in [0.2, 0.25) is 11.7 Å². The lowest BCUT2D eigenvalue weighted by molar-refractivity contribution is -0.147. The molecule has 0 bridgehead atoms. The van der Waals surface area contributed by atoms with Crippen LogP contribution in [0, 0.1) is 5.82 Å². The van der Waals surface area contributed by atoms with Crippen molar-refractivity contribution in [2.45, 2.75) is 11.3 Å². The second kappa shape index (κ2) is 7.51. The normalized spacial score (nSPS) is 11.2. The number of para-hydroxylation sites is 1. The quantitative estimate of drug-likeness (QED) is 0.631. The lowest BCUT2D eigenvalue weighted by atomic mass is 10.3. The van der Waals surface area contributed by atoms with Crippen LogP contribution in [0.3, 0.4) is 0 Å². The monoisotopic (exact) mass is 377 g/mol. The third-order valence-electron chi connectivity index (χ3n) is 2.80. The summed E-state index contributed by atoms with van der Waals surface area (Å²) in [4.78, 5) is 23.2. The van der Waals surface area contributed by atoms with Gasteiger partial charge < -0.3 is 9.88 Å². The molecule has 0 aliphatic rings. The predicted molar refractivity (Wildman–Crippen MR) is 80.3 cm³/mol. The molecule has 1 aromatic heterocycles. The number of rotatable bonds is 4. The summed E-state index contributed by atoms with van der Waals surface area (Å²) < 4.78 is 51.8. The van der Waals surface area contributed by atoms with E-state index in [9.17, 15) is 27.2 Å². The van der Waals surface area contributed by atoms with Crippen LogP contribution in [0.2, 0.25) is 0 Å². The van der Waals surface area contributed by atoms with Gasteiger partial charge in [-0.15, -0.1) is 10.2 Å². The number of carbonyl (C=O) groups excluding carboxylic acids is 2. The molecule has 3 amide bonds. The number of carbonyl (C=O) groups is 2. The minimum atomic E-state index is -4.66. The van der Waals surface area contributed by atoms with Gasteiger partial charge in [-0.3, -0.25) is 10.1 Å². The molecule has 0 atom stereocenters. The molecule has 0 unspecified atom stereocenters. The molecular weight excluding hydrogens is 366 g/mol. The Morgan fingerprint density at radius 2 is 1.92 bits per heavy atom. The first-order chi connectivity index (χ1) is 11.7. The van der Waals surface area contributed by atoms with E-state index in [1.807, 2.05) is 5.32 Å². The van der Waals surface area contributed by atoms with Crippen molar-refractivity contribution in [3.8, 4) is 0 Å². The smallest absolute Gasteiger partial charge is 0.305 e. The summed E-state index contributed by atoms with van der Waals surface area (Å²) in [5, 5.41) is 10.3. The van der Waals surface area contributed by atoms with E-state index in [0.717, 1.165) is 13.1 Å². The van der Waals surface area contributed by atoms with Gasteiger partial charge in [0.15, 0.2) is 5.16 Å². The van der Waals surface area contributed by atoms with Gasteiger partial charge in [0, 0.05) is 7.05 Å². The van der Waals surface area contributed by atoms with Crippen molar-refractivity contribution in [2.75, 3.05) is 11.1 Å². The summed E-state index contributed by atoms with van der Waals surface area (Å²) in [6.45, 7) is 0. The van der Waals surface area contributed by atoms with Crippen molar-refractivity contribution < 1.29 is 27.2 Å². The molecule has 0 saturated heterocycles. The standard InChI is InChI=1S/C13H11F4N5O2S/c1-22-10(13(15,16)17)20-21-12(22)25-6-9(23)19-11(24)18-8-5-3-2-4-7(8)14/h2-5H,6H2,1H3,(H2,18,19,23,24). The van der Waals surface area contributed by atoms with Gasteiger partial charge in [-0.2, -0.15) is 13.2 Å². The Morgan fingerprint density at radius 3 is 2.52 bits per heavy atom. The Kier molecular flexibility index (Phi) is 5.62. The number of amides is 3. The molecule has 134 valence electrons. The fourth-order valence-corrected chi connectivity index (χ4v) is 2.41. The summed E-state index contributed by atoms with van der Waals surface area (Å²) in [6.07, 6.45) is -4.66. The van der Waals surface area contributed by atoms with Gasteiger partial charge in [-0.1, -0.05) is 23.9 Å². The predicted octanol–water partition coefficient (Wildman–Crippen LogP) is 2.41. The largest absolute Gasteiger partial charge is 0.451 e. The molecule has 0 spiro atoms. The topological polar surface area (TPSA) is 88.9 Å². The fraction of sp³-hybridized carbons (Fsp3) is 0.231. The number of nitrogens with zero attached hydrogens (tertiary/aromatic N) is 3. The fourth-order valence-electron chi connectivity index (χ4n) is 1.70. The Balaban J connectivity index is 1.88. The molecular formula is C13H11F4N5O2S. The molecule has 2 aromatic rings. The number of alkyl halides is 3. The van der Waals surface area contributed by atoms with E-state index >= 15 is 0 Å². The van der Waals surface area contributed by atoms with E-state index in [0.29, 0.717) is 16.3 Å². The molecule has 7 nitrogen and oxygen atoms in total. The Bertz CT molecular complexity index is 793. The number of thioether (sulfide) groups is 1. The summed E-state index contributed by atoms with van der Waals surface area (Å²) in [5.41, 5.74) is -0.122. The molecule has 2 N–H and O–H groups in total. The number of imide groups is 1. The average Bonchev–Trinajstić information content (AvgIpc) is 2.88. The van der Waals surface area contributed by atoms with Gasteiger partial charge in [0.1, 0.15) is 5.82 Å². The maximum absolute atomic E-state index is 13.4. The van der Waals surface area contributed by atoms with Crippen molar-refractivity contribution in [3.05, 3.63) is 35.9 Å². The number of hydrogen-bond acceptors (Lipinski definition) is 5. The maximum Gasteiger partial charge on any atom is 0.451 e. The van der Waals surface area contributed by atoms with Crippen LogP contribution in [0.25, 0.3) is 0 Å². The summed E-state index contributed by atoms with van der Waals surface area (Å²) in [5.74, 6) is -3.06. The van der Waals surface area contributed by atoms with Crippen molar-refractivity contribution in [2.24, 2.45) is 7.05 Å². The van der Waals surface area contributed by atoms with Crippen LogP contribution in [0.4, 0.5) is 28.0 Å². The molecule has 1 heterocycles. The van der Waals surface area contributed by atoms with Crippen molar-refractivity contribution >= 4 is 29.4 Å². The lowest BCUT2D eigenvalue weighted by Crippen LogP contribution is -2.35. The highest BCUT2D eigenvalue weighted by molar-refractivity contribution is 7.99. The number of nitrogens with one attached hydrogen (secondary N) is 2. The Hall–Kier alpha value is -2.63. The van der Waals surface area contributed by atoms with Gasteiger partial charge in [0.25, 0.3) is 0 Å². The molecule has 25 heavy (non-hydrogen) atoms. The lowest BCUT2D eigenvalue weighted by Gasteiger charge is -2.08.